The number of rotatable bonds is 2. The Balaban J connectivity index is 2.10. The maximum atomic E-state index is 11.9. The summed E-state index contributed by atoms with van der Waals surface area (Å²) in [7, 11) is 0. The smallest absolute Gasteiger partial charge is 0.267 e. The first-order valence-corrected chi connectivity index (χ1v) is 5.64. The summed E-state index contributed by atoms with van der Waals surface area (Å²) in [5, 5.41) is 13.4. The topological polar surface area (TPSA) is 66.3 Å². The Morgan fingerprint density at radius 1 is 1.67 bits per heavy atom. The molecular weight excluding hydrogens is 214 g/mol. The van der Waals surface area contributed by atoms with E-state index in [9.17, 15) is 9.90 Å². The van der Waals surface area contributed by atoms with Crippen molar-refractivity contribution in [3.8, 4) is 0 Å². The molecule has 1 aromatic rings. The summed E-state index contributed by atoms with van der Waals surface area (Å²) in [4.78, 5) is 14.1. The number of carbonyl (C=O) groups is 1. The molecule has 1 aliphatic rings. The molecule has 0 spiro atoms. The number of aliphatic hydroxyl groups is 1. The van der Waals surface area contributed by atoms with Gasteiger partial charge in [0.1, 0.15) is 4.88 Å². The molecule has 1 fully saturated rings. The molecule has 1 amide bonds. The molecule has 0 aliphatic carbocycles. The van der Waals surface area contributed by atoms with Crippen LogP contribution in [0.1, 0.15) is 29.2 Å². The number of hydrogen-bond acceptors (Lipinski definition) is 5. The van der Waals surface area contributed by atoms with Gasteiger partial charge in [0.2, 0.25) is 0 Å². The van der Waals surface area contributed by atoms with Gasteiger partial charge in [-0.05, 0) is 24.9 Å². The number of hydrogen-bond donors (Lipinski definition) is 1. The summed E-state index contributed by atoms with van der Waals surface area (Å²) in [6, 6.07) is 0. The van der Waals surface area contributed by atoms with Crippen molar-refractivity contribution in [2.75, 3.05) is 13.1 Å². The second-order valence-electron chi connectivity index (χ2n) is 4.06. The van der Waals surface area contributed by atoms with Crippen molar-refractivity contribution in [2.45, 2.75) is 25.9 Å². The van der Waals surface area contributed by atoms with E-state index in [0.717, 1.165) is 17.2 Å². The van der Waals surface area contributed by atoms with Crippen LogP contribution in [0.5, 0.6) is 0 Å². The normalized spacial score (nSPS) is 18.7. The van der Waals surface area contributed by atoms with Crippen LogP contribution < -0.4 is 0 Å². The van der Waals surface area contributed by atoms with Crippen LogP contribution in [-0.4, -0.2) is 44.2 Å². The van der Waals surface area contributed by atoms with Crippen LogP contribution in [-0.2, 0) is 6.42 Å². The second-order valence-corrected chi connectivity index (χ2v) is 4.81. The van der Waals surface area contributed by atoms with E-state index in [0.29, 0.717) is 24.4 Å². The third kappa shape index (κ3) is 1.87. The molecule has 0 saturated carbocycles. The number of likely N-dealkylation sites (tertiary alicyclic amines) is 1. The minimum absolute atomic E-state index is 0.0617. The molecule has 6 heteroatoms. The van der Waals surface area contributed by atoms with Crippen molar-refractivity contribution < 1.29 is 9.90 Å². The van der Waals surface area contributed by atoms with Gasteiger partial charge < -0.3 is 10.0 Å². The SMILES string of the molecule is CCc1nnsc1C(=O)N1CC(C)(O)C1. The molecule has 0 unspecified atom stereocenters. The van der Waals surface area contributed by atoms with Crippen LogP contribution in [0.4, 0.5) is 0 Å². The van der Waals surface area contributed by atoms with Crippen molar-refractivity contribution >= 4 is 17.4 Å². The molecule has 1 aliphatic heterocycles. The summed E-state index contributed by atoms with van der Waals surface area (Å²) < 4.78 is 3.77. The summed E-state index contributed by atoms with van der Waals surface area (Å²) in [6.07, 6.45) is 0.710. The van der Waals surface area contributed by atoms with Crippen molar-refractivity contribution in [1.29, 1.82) is 0 Å². The molecule has 0 atom stereocenters. The van der Waals surface area contributed by atoms with E-state index < -0.39 is 5.60 Å². The molecule has 0 radical (unpaired) electrons. The van der Waals surface area contributed by atoms with Gasteiger partial charge in [-0.1, -0.05) is 11.4 Å². The lowest BCUT2D eigenvalue weighted by Crippen LogP contribution is -2.61. The van der Waals surface area contributed by atoms with Gasteiger partial charge in [-0.2, -0.15) is 0 Å². The summed E-state index contributed by atoms with van der Waals surface area (Å²) in [6.45, 7) is 4.46. The molecule has 2 rings (SSSR count). The van der Waals surface area contributed by atoms with E-state index in [1.807, 2.05) is 6.92 Å². The quantitative estimate of drug-likeness (QED) is 0.789. The predicted octanol–water partition coefficient (Wildman–Crippen LogP) is 0.307. The monoisotopic (exact) mass is 227 g/mol. The average molecular weight is 227 g/mol. The first-order valence-electron chi connectivity index (χ1n) is 4.86. The van der Waals surface area contributed by atoms with E-state index in [4.69, 9.17) is 0 Å². The Labute approximate surface area is 91.9 Å². The van der Waals surface area contributed by atoms with Crippen LogP contribution in [0.2, 0.25) is 0 Å². The number of nitrogens with zero attached hydrogens (tertiary/aromatic N) is 3. The average Bonchev–Trinajstić information content (AvgIpc) is 2.60. The summed E-state index contributed by atoms with van der Waals surface area (Å²) >= 11 is 1.13. The van der Waals surface area contributed by atoms with Gasteiger partial charge in [-0.3, -0.25) is 4.79 Å². The standard InChI is InChI=1S/C9H13N3O2S/c1-3-6-7(15-11-10-6)8(13)12-4-9(2,14)5-12/h14H,3-5H2,1-2H3. The molecule has 0 bridgehead atoms. The Hall–Kier alpha value is -1.01. The molecule has 1 N–H and O–H groups in total. The van der Waals surface area contributed by atoms with E-state index in [-0.39, 0.29) is 5.91 Å². The van der Waals surface area contributed by atoms with Crippen LogP contribution in [0.3, 0.4) is 0 Å². The minimum Gasteiger partial charge on any atom is -0.386 e. The summed E-state index contributed by atoms with van der Waals surface area (Å²) in [5.74, 6) is -0.0617. The van der Waals surface area contributed by atoms with Gasteiger partial charge in [0.15, 0.2) is 0 Å². The highest BCUT2D eigenvalue weighted by Crippen LogP contribution is 2.24. The zero-order chi connectivity index (χ0) is 11.1. The highest BCUT2D eigenvalue weighted by molar-refractivity contribution is 7.08. The van der Waals surface area contributed by atoms with Gasteiger partial charge in [-0.15, -0.1) is 5.10 Å². The third-order valence-electron chi connectivity index (χ3n) is 2.44. The van der Waals surface area contributed by atoms with Crippen LogP contribution in [0.25, 0.3) is 0 Å². The fourth-order valence-electron chi connectivity index (χ4n) is 1.67. The second kappa shape index (κ2) is 3.53. The van der Waals surface area contributed by atoms with E-state index in [2.05, 4.69) is 9.59 Å². The molecule has 82 valence electrons. The van der Waals surface area contributed by atoms with Crippen molar-refractivity contribution in [2.24, 2.45) is 0 Å². The molecule has 1 saturated heterocycles. The number of aromatic nitrogens is 2. The molecule has 5 nitrogen and oxygen atoms in total. The van der Waals surface area contributed by atoms with Gasteiger partial charge in [-0.25, -0.2) is 0 Å². The Bertz CT molecular complexity index is 380. The minimum atomic E-state index is -0.722. The highest BCUT2D eigenvalue weighted by atomic mass is 32.1. The van der Waals surface area contributed by atoms with Crippen LogP contribution >= 0.6 is 11.5 Å². The van der Waals surface area contributed by atoms with Crippen LogP contribution in [0, 0.1) is 0 Å². The predicted molar refractivity (Wildman–Crippen MR) is 55.8 cm³/mol. The van der Waals surface area contributed by atoms with Crippen molar-refractivity contribution in [1.82, 2.24) is 14.5 Å². The van der Waals surface area contributed by atoms with Crippen LogP contribution in [0.15, 0.2) is 0 Å². The zero-order valence-corrected chi connectivity index (χ0v) is 9.54. The van der Waals surface area contributed by atoms with Gasteiger partial charge in [0.25, 0.3) is 5.91 Å². The van der Waals surface area contributed by atoms with E-state index >= 15 is 0 Å². The molecule has 15 heavy (non-hydrogen) atoms. The Morgan fingerprint density at radius 3 is 2.87 bits per heavy atom. The molecule has 1 aromatic heterocycles. The van der Waals surface area contributed by atoms with Crippen molar-refractivity contribution in [3.63, 3.8) is 0 Å². The largest absolute Gasteiger partial charge is 0.386 e. The van der Waals surface area contributed by atoms with Crippen molar-refractivity contribution in [3.05, 3.63) is 10.6 Å². The lowest BCUT2D eigenvalue weighted by molar-refractivity contribution is -0.0667. The maximum Gasteiger partial charge on any atom is 0.267 e. The van der Waals surface area contributed by atoms with E-state index in [1.165, 1.54) is 0 Å². The number of aryl methyl sites for hydroxylation is 1. The third-order valence-corrected chi connectivity index (χ3v) is 3.19. The highest BCUT2D eigenvalue weighted by Gasteiger charge is 2.40. The lowest BCUT2D eigenvalue weighted by atomic mass is 9.96. The van der Waals surface area contributed by atoms with Gasteiger partial charge in [0.05, 0.1) is 24.4 Å². The fourth-order valence-corrected chi connectivity index (χ4v) is 2.38. The lowest BCUT2D eigenvalue weighted by Gasteiger charge is -2.43. The maximum absolute atomic E-state index is 11.9. The first-order chi connectivity index (χ1) is 7.03. The van der Waals surface area contributed by atoms with Gasteiger partial charge >= 0.3 is 0 Å². The number of carbonyl (C=O) groups excluding carboxylic acids is 1. The Kier molecular flexibility index (Phi) is 2.47. The Morgan fingerprint density at radius 2 is 2.33 bits per heavy atom. The molecule has 2 heterocycles. The number of β-amino-alcohol motifs (C(OH)–C–C–N with tert-alkyl or cyclic N) is 1. The molecule has 0 aromatic carbocycles. The summed E-state index contributed by atoms with van der Waals surface area (Å²) in [5.41, 5.74) is 0.0247. The van der Waals surface area contributed by atoms with Gasteiger partial charge in [0, 0.05) is 0 Å². The van der Waals surface area contributed by atoms with E-state index in [1.54, 1.807) is 11.8 Å². The first kappa shape index (κ1) is 10.5. The fraction of sp³-hybridized carbons (Fsp3) is 0.667. The number of amides is 1. The zero-order valence-electron chi connectivity index (χ0n) is 8.73. The molecular formula is C9H13N3O2S.